The van der Waals surface area contributed by atoms with Crippen LogP contribution in [0.4, 0.5) is 5.69 Å². The summed E-state index contributed by atoms with van der Waals surface area (Å²) in [6.45, 7) is 0. The van der Waals surface area contributed by atoms with E-state index in [-0.39, 0.29) is 0 Å². The van der Waals surface area contributed by atoms with Gasteiger partial charge in [0, 0.05) is 10.2 Å². The molecule has 0 saturated carbocycles. The van der Waals surface area contributed by atoms with Gasteiger partial charge >= 0.3 is 0 Å². The molecule has 2 aromatic carbocycles. The number of nitrogens with zero attached hydrogens (tertiary/aromatic N) is 1. The minimum atomic E-state index is -0.648. The van der Waals surface area contributed by atoms with Crippen LogP contribution in [0.15, 0.2) is 46.9 Å². The van der Waals surface area contributed by atoms with E-state index in [1.54, 1.807) is 7.11 Å². The Bertz CT molecular complexity index is 706. The molecular formula is C17H15BrN2O. The molecule has 106 valence electrons. The highest BCUT2D eigenvalue weighted by Gasteiger charge is 2.39. The monoisotopic (exact) mass is 342 g/mol. The number of ether oxygens (including phenoxy) is 1. The third-order valence-electron chi connectivity index (χ3n) is 3.94. The lowest BCUT2D eigenvalue weighted by Crippen LogP contribution is -2.31. The Morgan fingerprint density at radius 1 is 1.24 bits per heavy atom. The molecule has 1 aliphatic rings. The topological polar surface area (TPSA) is 45.0 Å². The molecule has 3 nitrogen and oxygen atoms in total. The lowest BCUT2D eigenvalue weighted by molar-refractivity contribution is 0.415. The van der Waals surface area contributed by atoms with Crippen LogP contribution in [0.1, 0.15) is 17.5 Å². The lowest BCUT2D eigenvalue weighted by atomic mass is 9.93. The van der Waals surface area contributed by atoms with Crippen molar-refractivity contribution in [2.45, 2.75) is 18.4 Å². The standard InChI is InChI=1S/C17H15BrN2O/c1-21-15-5-3-14(4-6-15)20-17(11-19)9-8-12-10-13(18)2-7-16(12)17/h2-7,10,20H,8-9H2,1H3. The number of hydrogen-bond donors (Lipinski definition) is 1. The van der Waals surface area contributed by atoms with Crippen LogP contribution < -0.4 is 10.1 Å². The number of anilines is 1. The number of methoxy groups -OCH3 is 1. The zero-order valence-corrected chi connectivity index (χ0v) is 13.3. The first-order valence-corrected chi connectivity index (χ1v) is 7.58. The molecule has 0 bridgehead atoms. The highest BCUT2D eigenvalue weighted by Crippen LogP contribution is 2.40. The number of rotatable bonds is 3. The predicted molar refractivity (Wildman–Crippen MR) is 86.4 cm³/mol. The maximum atomic E-state index is 9.75. The van der Waals surface area contributed by atoms with Gasteiger partial charge in [0.1, 0.15) is 5.75 Å². The van der Waals surface area contributed by atoms with Crippen LogP contribution in [0.2, 0.25) is 0 Å². The third-order valence-corrected chi connectivity index (χ3v) is 4.43. The Morgan fingerprint density at radius 3 is 2.67 bits per heavy atom. The second kappa shape index (κ2) is 5.42. The Kier molecular flexibility index (Phi) is 3.60. The van der Waals surface area contributed by atoms with Crippen molar-refractivity contribution in [3.05, 3.63) is 58.1 Å². The van der Waals surface area contributed by atoms with Crippen molar-refractivity contribution in [2.75, 3.05) is 12.4 Å². The highest BCUT2D eigenvalue weighted by atomic mass is 79.9. The van der Waals surface area contributed by atoms with E-state index < -0.39 is 5.54 Å². The van der Waals surface area contributed by atoms with Gasteiger partial charge in [-0.2, -0.15) is 5.26 Å². The van der Waals surface area contributed by atoms with E-state index in [2.05, 4.69) is 33.4 Å². The van der Waals surface area contributed by atoms with Gasteiger partial charge < -0.3 is 10.1 Å². The summed E-state index contributed by atoms with van der Waals surface area (Å²) in [6.07, 6.45) is 1.69. The molecule has 0 radical (unpaired) electrons. The van der Waals surface area contributed by atoms with Crippen LogP contribution in [-0.2, 0) is 12.0 Å². The van der Waals surface area contributed by atoms with Crippen molar-refractivity contribution in [3.63, 3.8) is 0 Å². The Balaban J connectivity index is 1.94. The van der Waals surface area contributed by atoms with E-state index >= 15 is 0 Å². The number of nitrogens with one attached hydrogen (secondary N) is 1. The molecule has 0 heterocycles. The summed E-state index contributed by atoms with van der Waals surface area (Å²) in [5, 5.41) is 13.1. The zero-order chi connectivity index (χ0) is 14.9. The SMILES string of the molecule is COc1ccc(NC2(C#N)CCc3cc(Br)ccc32)cc1. The molecule has 1 aliphatic carbocycles. The average molecular weight is 343 g/mol. The van der Waals surface area contributed by atoms with Gasteiger partial charge in [0.2, 0.25) is 0 Å². The summed E-state index contributed by atoms with van der Waals surface area (Å²) in [4.78, 5) is 0. The van der Waals surface area contributed by atoms with Gasteiger partial charge in [-0.1, -0.05) is 22.0 Å². The Hall–Kier alpha value is -1.99. The summed E-state index contributed by atoms with van der Waals surface area (Å²) in [6, 6.07) is 16.3. The van der Waals surface area contributed by atoms with Crippen molar-refractivity contribution >= 4 is 21.6 Å². The average Bonchev–Trinajstić information content (AvgIpc) is 2.86. The number of fused-ring (bicyclic) bond motifs is 1. The Labute approximate surface area is 132 Å². The van der Waals surface area contributed by atoms with Crippen LogP contribution in [-0.4, -0.2) is 7.11 Å². The number of nitriles is 1. The molecule has 0 saturated heterocycles. The molecule has 0 spiro atoms. The first kappa shape index (κ1) is 14.0. The molecular weight excluding hydrogens is 328 g/mol. The molecule has 0 amide bonds. The van der Waals surface area contributed by atoms with Crippen molar-refractivity contribution in [1.82, 2.24) is 0 Å². The fraction of sp³-hybridized carbons (Fsp3) is 0.235. The smallest absolute Gasteiger partial charge is 0.151 e. The van der Waals surface area contributed by atoms with Crippen molar-refractivity contribution in [3.8, 4) is 11.8 Å². The van der Waals surface area contributed by atoms with Crippen molar-refractivity contribution < 1.29 is 4.74 Å². The van der Waals surface area contributed by atoms with Gasteiger partial charge in [-0.3, -0.25) is 0 Å². The van der Waals surface area contributed by atoms with Gasteiger partial charge in [-0.15, -0.1) is 0 Å². The molecule has 1 unspecified atom stereocenters. The van der Waals surface area contributed by atoms with Crippen LogP contribution in [0.3, 0.4) is 0 Å². The maximum absolute atomic E-state index is 9.75. The van der Waals surface area contributed by atoms with Gasteiger partial charge in [0.05, 0.1) is 13.2 Å². The lowest BCUT2D eigenvalue weighted by Gasteiger charge is -2.25. The van der Waals surface area contributed by atoms with Crippen LogP contribution in [0, 0.1) is 11.3 Å². The summed E-state index contributed by atoms with van der Waals surface area (Å²) in [5.74, 6) is 0.808. The molecule has 1 atom stereocenters. The van der Waals surface area contributed by atoms with E-state index in [0.29, 0.717) is 0 Å². The van der Waals surface area contributed by atoms with E-state index in [1.807, 2.05) is 36.4 Å². The molecule has 1 N–H and O–H groups in total. The largest absolute Gasteiger partial charge is 0.497 e. The van der Waals surface area contributed by atoms with Gasteiger partial charge in [0.15, 0.2) is 5.54 Å². The number of hydrogen-bond acceptors (Lipinski definition) is 3. The molecule has 21 heavy (non-hydrogen) atoms. The summed E-state index contributed by atoms with van der Waals surface area (Å²) < 4.78 is 6.22. The number of aryl methyl sites for hydroxylation is 1. The zero-order valence-electron chi connectivity index (χ0n) is 11.7. The van der Waals surface area contributed by atoms with Crippen LogP contribution in [0.5, 0.6) is 5.75 Å². The van der Waals surface area contributed by atoms with E-state index in [9.17, 15) is 5.26 Å². The quantitative estimate of drug-likeness (QED) is 0.907. The van der Waals surface area contributed by atoms with Gasteiger partial charge in [-0.25, -0.2) is 0 Å². The normalized spacial score (nSPS) is 19.7. The number of halogens is 1. The van der Waals surface area contributed by atoms with Gasteiger partial charge in [-0.05, 0) is 60.4 Å². The summed E-state index contributed by atoms with van der Waals surface area (Å²) >= 11 is 3.49. The predicted octanol–water partition coefficient (Wildman–Crippen LogP) is 4.23. The minimum Gasteiger partial charge on any atom is -0.497 e. The van der Waals surface area contributed by atoms with E-state index in [4.69, 9.17) is 4.74 Å². The van der Waals surface area contributed by atoms with Crippen LogP contribution in [0.25, 0.3) is 0 Å². The van der Waals surface area contributed by atoms with E-state index in [0.717, 1.165) is 34.3 Å². The number of benzene rings is 2. The fourth-order valence-corrected chi connectivity index (χ4v) is 3.25. The molecule has 3 rings (SSSR count). The van der Waals surface area contributed by atoms with E-state index in [1.165, 1.54) is 5.56 Å². The second-order valence-corrected chi connectivity index (χ2v) is 6.09. The molecule has 0 aliphatic heterocycles. The second-order valence-electron chi connectivity index (χ2n) is 5.17. The van der Waals surface area contributed by atoms with Crippen LogP contribution >= 0.6 is 15.9 Å². The molecule has 0 aromatic heterocycles. The highest BCUT2D eigenvalue weighted by molar-refractivity contribution is 9.10. The molecule has 4 heteroatoms. The third kappa shape index (κ3) is 2.50. The fourth-order valence-electron chi connectivity index (χ4n) is 2.84. The summed E-state index contributed by atoms with van der Waals surface area (Å²) in [7, 11) is 1.64. The Morgan fingerprint density at radius 2 is 2.00 bits per heavy atom. The summed E-state index contributed by atoms with van der Waals surface area (Å²) in [5.41, 5.74) is 2.58. The maximum Gasteiger partial charge on any atom is 0.151 e. The van der Waals surface area contributed by atoms with Gasteiger partial charge in [0.25, 0.3) is 0 Å². The first-order chi connectivity index (χ1) is 10.2. The molecule has 0 fully saturated rings. The molecule has 2 aromatic rings. The minimum absolute atomic E-state index is 0.648. The first-order valence-electron chi connectivity index (χ1n) is 6.79. The van der Waals surface area contributed by atoms with Crippen molar-refractivity contribution in [1.29, 1.82) is 5.26 Å². The van der Waals surface area contributed by atoms with Crippen molar-refractivity contribution in [2.24, 2.45) is 0 Å².